The smallest absolute Gasteiger partial charge is 0.300 e. The molecule has 0 aliphatic heterocycles. The summed E-state index contributed by atoms with van der Waals surface area (Å²) in [6.07, 6.45) is 0. The fourth-order valence-corrected chi connectivity index (χ4v) is 0.0577. The third-order valence-electron chi connectivity index (χ3n) is 0.236. The van der Waals surface area contributed by atoms with E-state index in [1.54, 1.807) is 0 Å². The van der Waals surface area contributed by atoms with Gasteiger partial charge in [0.25, 0.3) is 0 Å². The Morgan fingerprint density at radius 2 is 2.00 bits per heavy atom. The third kappa shape index (κ3) is 4.87. The molecule has 0 fully saturated rings. The summed E-state index contributed by atoms with van der Waals surface area (Å²) in [6, 6.07) is 0. The summed E-state index contributed by atoms with van der Waals surface area (Å²) in [5, 5.41) is 7.38. The van der Waals surface area contributed by atoms with Gasteiger partial charge in [-0.2, -0.15) is 4.62 Å². The summed E-state index contributed by atoms with van der Waals surface area (Å²) in [7, 11) is -4.32. The Hall–Kier alpha value is 0.718. The van der Waals surface area contributed by atoms with Crippen molar-refractivity contribution in [3.05, 3.63) is 0 Å². The molecule has 0 aliphatic rings. The van der Waals surface area contributed by atoms with Crippen LogP contribution >= 0.6 is 7.82 Å². The molecule has 0 aromatic carbocycles. The van der Waals surface area contributed by atoms with Crippen molar-refractivity contribution < 1.29 is 45.1 Å². The predicted octanol–water partition coefficient (Wildman–Crippen LogP) is -0.536. The van der Waals surface area contributed by atoms with Gasteiger partial charge in [-0.3, -0.25) is 4.89 Å². The van der Waals surface area contributed by atoms with E-state index in [4.69, 9.17) is 10.2 Å². The van der Waals surface area contributed by atoms with Crippen molar-refractivity contribution in [2.24, 2.45) is 5.90 Å². The van der Waals surface area contributed by atoms with E-state index in [0.717, 1.165) is 0 Å². The van der Waals surface area contributed by atoms with Gasteiger partial charge in [-0.05, 0) is 0 Å². The molecule has 8 heavy (non-hydrogen) atoms. The fraction of sp³-hybridized carbons (Fsp3) is 0. The average Bonchev–Trinajstić information content (AvgIpc) is 1.68. The zero-order chi connectivity index (χ0) is 5.91. The second kappa shape index (κ2) is 4.58. The maximum absolute atomic E-state index is 9.69. The molecule has 1 atom stereocenters. The molecule has 0 aromatic rings. The first-order chi connectivity index (χ1) is 3.12. The largest absolute Gasteiger partial charge is 0.515 e. The van der Waals surface area contributed by atoms with E-state index in [-0.39, 0.29) is 21.1 Å². The van der Waals surface area contributed by atoms with E-state index >= 15 is 0 Å². The Bertz CT molecular complexity index is 84.4. The Labute approximate surface area is 59.4 Å². The molecule has 0 saturated carbocycles. The minimum atomic E-state index is -4.32. The van der Waals surface area contributed by atoms with Crippen molar-refractivity contribution in [2.45, 2.75) is 0 Å². The molecule has 8 heteroatoms. The number of phosphoric acid groups is 1. The number of hydrogen-bond donors (Lipinski definition) is 3. The molecule has 0 radical (unpaired) electrons. The normalized spacial score (nSPS) is 16.4. The molecular formula is H4NO5PPt. The maximum Gasteiger partial charge on any atom is 0.515 e. The molecular weight excluding hydrogens is 320 g/mol. The van der Waals surface area contributed by atoms with Gasteiger partial charge in [0.15, 0.2) is 0 Å². The quantitative estimate of drug-likeness (QED) is 0.358. The van der Waals surface area contributed by atoms with Crippen molar-refractivity contribution >= 4 is 7.82 Å². The van der Waals surface area contributed by atoms with Gasteiger partial charge < -0.3 is 0 Å². The molecule has 0 bridgehead atoms. The van der Waals surface area contributed by atoms with E-state index < -0.39 is 7.82 Å². The second-order valence-electron chi connectivity index (χ2n) is 0.656. The summed E-state index contributed by atoms with van der Waals surface area (Å²) in [5.41, 5.74) is 0. The SMILES string of the molecule is NOP(=O)(O)OO.[Pt]. The maximum atomic E-state index is 9.69. The number of hydrogen-bond acceptors (Lipinski definition) is 5. The molecule has 1 unspecified atom stereocenters. The van der Waals surface area contributed by atoms with Crippen LogP contribution in [0.5, 0.6) is 0 Å². The zero-order valence-electron chi connectivity index (χ0n) is 3.46. The topological polar surface area (TPSA) is 102 Å². The zero-order valence-corrected chi connectivity index (χ0v) is 6.63. The van der Waals surface area contributed by atoms with Crippen LogP contribution in [0.1, 0.15) is 0 Å². The summed E-state index contributed by atoms with van der Waals surface area (Å²) in [6.45, 7) is 0. The average molecular weight is 324 g/mol. The van der Waals surface area contributed by atoms with Crippen molar-refractivity contribution in [3.8, 4) is 0 Å². The summed E-state index contributed by atoms with van der Waals surface area (Å²) in [4.78, 5) is 7.87. The van der Waals surface area contributed by atoms with E-state index in [1.807, 2.05) is 0 Å². The Morgan fingerprint density at radius 1 is 1.62 bits per heavy atom. The van der Waals surface area contributed by atoms with E-state index in [9.17, 15) is 4.57 Å². The molecule has 6 nitrogen and oxygen atoms in total. The molecule has 54 valence electrons. The van der Waals surface area contributed by atoms with Gasteiger partial charge >= 0.3 is 7.82 Å². The van der Waals surface area contributed by atoms with Crippen LogP contribution in [0.4, 0.5) is 0 Å². The van der Waals surface area contributed by atoms with Crippen LogP contribution in [0.15, 0.2) is 0 Å². The standard InChI is InChI=1S/H4NO5P.Pt/c1-5-7(3,4)6-2;/h2H,1H2,(H,3,4);. The van der Waals surface area contributed by atoms with Gasteiger partial charge in [-0.1, -0.05) is 0 Å². The second-order valence-corrected chi connectivity index (χ2v) is 1.97. The van der Waals surface area contributed by atoms with Gasteiger partial charge in [0.2, 0.25) is 0 Å². The monoisotopic (exact) mass is 324 g/mol. The van der Waals surface area contributed by atoms with Crippen LogP contribution in [0, 0.1) is 0 Å². The third-order valence-corrected chi connectivity index (χ3v) is 0.709. The number of nitrogens with two attached hydrogens (primary N) is 1. The van der Waals surface area contributed by atoms with Gasteiger partial charge in [-0.15, -0.1) is 4.67 Å². The summed E-state index contributed by atoms with van der Waals surface area (Å²) in [5.74, 6) is 4.12. The fourth-order valence-electron chi connectivity index (χ4n) is 0.0192. The van der Waals surface area contributed by atoms with Crippen molar-refractivity contribution in [3.63, 3.8) is 0 Å². The van der Waals surface area contributed by atoms with Gasteiger partial charge in [0.1, 0.15) is 0 Å². The number of rotatable bonds is 2. The first-order valence-corrected chi connectivity index (χ1v) is 2.66. The molecule has 0 saturated heterocycles. The Kier molecular flexibility index (Phi) is 6.59. The van der Waals surface area contributed by atoms with Crippen molar-refractivity contribution in [2.75, 3.05) is 0 Å². The van der Waals surface area contributed by atoms with Crippen LogP contribution in [-0.2, 0) is 34.9 Å². The molecule has 0 amide bonds. The van der Waals surface area contributed by atoms with Crippen molar-refractivity contribution in [1.82, 2.24) is 0 Å². The molecule has 0 spiro atoms. The van der Waals surface area contributed by atoms with Crippen LogP contribution in [-0.4, -0.2) is 10.2 Å². The molecule has 4 N–H and O–H groups in total. The van der Waals surface area contributed by atoms with Crippen LogP contribution in [0.2, 0.25) is 0 Å². The first-order valence-electron chi connectivity index (χ1n) is 1.17. The van der Waals surface area contributed by atoms with Gasteiger partial charge in [0.05, 0.1) is 0 Å². The molecule has 0 heterocycles. The first kappa shape index (κ1) is 11.5. The minimum Gasteiger partial charge on any atom is -0.300 e. The van der Waals surface area contributed by atoms with Gasteiger partial charge in [-0.25, -0.2) is 15.7 Å². The van der Waals surface area contributed by atoms with Crippen LogP contribution < -0.4 is 5.90 Å². The predicted molar refractivity (Wildman–Crippen MR) is 18.8 cm³/mol. The van der Waals surface area contributed by atoms with Crippen LogP contribution in [0.3, 0.4) is 0 Å². The Balaban J connectivity index is 0. The van der Waals surface area contributed by atoms with E-state index in [1.165, 1.54) is 0 Å². The van der Waals surface area contributed by atoms with Crippen molar-refractivity contribution in [1.29, 1.82) is 0 Å². The van der Waals surface area contributed by atoms with E-state index in [2.05, 4.69) is 15.2 Å². The van der Waals surface area contributed by atoms with Crippen LogP contribution in [0.25, 0.3) is 0 Å². The Morgan fingerprint density at radius 3 is 2.00 bits per heavy atom. The molecule has 0 aromatic heterocycles. The minimum absolute atomic E-state index is 0. The molecule has 0 aliphatic carbocycles. The summed E-state index contributed by atoms with van der Waals surface area (Å²) < 4.78 is 15.8. The molecule has 0 rings (SSSR count). The summed E-state index contributed by atoms with van der Waals surface area (Å²) >= 11 is 0. The van der Waals surface area contributed by atoms with Gasteiger partial charge in [0, 0.05) is 21.1 Å². The van der Waals surface area contributed by atoms with E-state index in [0.29, 0.717) is 0 Å².